The minimum atomic E-state index is 0.320. The molecule has 0 aliphatic carbocycles. The molecule has 88 valence electrons. The summed E-state index contributed by atoms with van der Waals surface area (Å²) in [5.41, 5.74) is 1.36. The number of aryl methyl sites for hydroxylation is 1. The van der Waals surface area contributed by atoms with Crippen LogP contribution in [0, 0.1) is 18.3 Å². The van der Waals surface area contributed by atoms with E-state index in [0.717, 1.165) is 6.54 Å². The van der Waals surface area contributed by atoms with Crippen molar-refractivity contribution in [2.24, 2.45) is 0 Å². The molecule has 2 aromatic rings. The summed E-state index contributed by atoms with van der Waals surface area (Å²) in [6.07, 6.45) is 0.564. The number of nitrogens with zero attached hydrogens (tertiary/aromatic N) is 1. The smallest absolute Gasteiger partial charge is 0.0635 e. The maximum atomic E-state index is 8.53. The normalized spacial score (nSPS) is 12.5. The predicted molar refractivity (Wildman–Crippen MR) is 73.2 cm³/mol. The quantitative estimate of drug-likeness (QED) is 0.831. The Balaban J connectivity index is 2.23. The van der Waals surface area contributed by atoms with Gasteiger partial charge >= 0.3 is 0 Å². The summed E-state index contributed by atoms with van der Waals surface area (Å²) in [5.74, 6) is 0. The molecule has 1 N–H and O–H groups in total. The van der Waals surface area contributed by atoms with Gasteiger partial charge < -0.3 is 5.32 Å². The van der Waals surface area contributed by atoms with Gasteiger partial charge in [-0.2, -0.15) is 5.26 Å². The number of nitrogens with one attached hydrogen (secondary N) is 1. The molecule has 0 aliphatic rings. The zero-order valence-electron chi connectivity index (χ0n) is 10.2. The Morgan fingerprint density at radius 2 is 2.18 bits per heavy atom. The Labute approximate surface area is 106 Å². The van der Waals surface area contributed by atoms with Crippen LogP contribution in [0.3, 0.4) is 0 Å². The molecule has 17 heavy (non-hydrogen) atoms. The van der Waals surface area contributed by atoms with Crippen LogP contribution in [0.25, 0.3) is 10.1 Å². The molecule has 0 radical (unpaired) electrons. The van der Waals surface area contributed by atoms with Crippen molar-refractivity contribution in [2.45, 2.75) is 26.3 Å². The Morgan fingerprint density at radius 1 is 1.41 bits per heavy atom. The largest absolute Gasteiger partial charge is 0.308 e. The standard InChI is InChI=1S/C14H16N2S/c1-10-12-6-3-4-7-13(12)17-14(10)11(2)16-9-5-8-15/h3-4,6-7,11,16H,5,9H2,1-2H3. The summed E-state index contributed by atoms with van der Waals surface area (Å²) < 4.78 is 1.34. The summed E-state index contributed by atoms with van der Waals surface area (Å²) in [7, 11) is 0. The molecule has 0 saturated heterocycles. The molecule has 1 aromatic carbocycles. The third-order valence-corrected chi connectivity index (χ3v) is 4.42. The molecule has 2 nitrogen and oxygen atoms in total. The molecule has 1 aromatic heterocycles. The topological polar surface area (TPSA) is 35.8 Å². The lowest BCUT2D eigenvalue weighted by Crippen LogP contribution is -2.19. The van der Waals surface area contributed by atoms with Crippen LogP contribution in [-0.4, -0.2) is 6.54 Å². The molecule has 0 fully saturated rings. The van der Waals surface area contributed by atoms with E-state index in [9.17, 15) is 0 Å². The van der Waals surface area contributed by atoms with Crippen LogP contribution in [0.2, 0.25) is 0 Å². The van der Waals surface area contributed by atoms with E-state index in [0.29, 0.717) is 12.5 Å². The summed E-state index contributed by atoms with van der Waals surface area (Å²) in [5, 5.41) is 13.3. The zero-order chi connectivity index (χ0) is 12.3. The Hall–Kier alpha value is -1.37. The number of thiophene rings is 1. The van der Waals surface area contributed by atoms with Crippen LogP contribution >= 0.6 is 11.3 Å². The number of hydrogen-bond acceptors (Lipinski definition) is 3. The number of nitriles is 1. The monoisotopic (exact) mass is 244 g/mol. The predicted octanol–water partition coefficient (Wildman–Crippen LogP) is 3.77. The van der Waals surface area contributed by atoms with Gasteiger partial charge in [0.2, 0.25) is 0 Å². The molecule has 1 unspecified atom stereocenters. The lowest BCUT2D eigenvalue weighted by atomic mass is 10.1. The van der Waals surface area contributed by atoms with Crippen molar-refractivity contribution >= 4 is 21.4 Å². The van der Waals surface area contributed by atoms with Gasteiger partial charge in [-0.25, -0.2) is 0 Å². The fraction of sp³-hybridized carbons (Fsp3) is 0.357. The van der Waals surface area contributed by atoms with Gasteiger partial charge in [0.05, 0.1) is 6.07 Å². The second kappa shape index (κ2) is 5.31. The van der Waals surface area contributed by atoms with Gasteiger partial charge in [-0.05, 0) is 30.9 Å². The van der Waals surface area contributed by atoms with Crippen LogP contribution in [0.15, 0.2) is 24.3 Å². The van der Waals surface area contributed by atoms with Crippen molar-refractivity contribution in [2.75, 3.05) is 6.54 Å². The summed E-state index contributed by atoms with van der Waals surface area (Å²) in [6.45, 7) is 5.09. The first-order valence-electron chi connectivity index (χ1n) is 5.82. The fourth-order valence-electron chi connectivity index (χ4n) is 2.04. The Bertz CT molecular complexity index is 551. The van der Waals surface area contributed by atoms with Crippen molar-refractivity contribution in [3.05, 3.63) is 34.7 Å². The summed E-state index contributed by atoms with van der Waals surface area (Å²) in [6, 6.07) is 11.0. The van der Waals surface area contributed by atoms with Crippen LogP contribution in [-0.2, 0) is 0 Å². The minimum absolute atomic E-state index is 0.320. The first-order chi connectivity index (χ1) is 8.24. The molecule has 0 spiro atoms. The van der Waals surface area contributed by atoms with Crippen molar-refractivity contribution < 1.29 is 0 Å². The van der Waals surface area contributed by atoms with E-state index in [1.807, 2.05) is 11.3 Å². The van der Waals surface area contributed by atoms with Gasteiger partial charge in [0.15, 0.2) is 0 Å². The van der Waals surface area contributed by atoms with Crippen LogP contribution < -0.4 is 5.32 Å². The molecule has 1 atom stereocenters. The first-order valence-corrected chi connectivity index (χ1v) is 6.64. The Morgan fingerprint density at radius 3 is 2.88 bits per heavy atom. The average molecular weight is 244 g/mol. The number of hydrogen-bond donors (Lipinski definition) is 1. The minimum Gasteiger partial charge on any atom is -0.308 e. The average Bonchev–Trinajstić information content (AvgIpc) is 2.68. The molecule has 0 amide bonds. The summed E-state index contributed by atoms with van der Waals surface area (Å²) >= 11 is 1.84. The zero-order valence-corrected chi connectivity index (χ0v) is 11.0. The molecule has 0 saturated carbocycles. The summed E-state index contributed by atoms with van der Waals surface area (Å²) in [4.78, 5) is 1.38. The van der Waals surface area contributed by atoms with Crippen molar-refractivity contribution in [1.29, 1.82) is 5.26 Å². The highest BCUT2D eigenvalue weighted by Crippen LogP contribution is 2.34. The van der Waals surface area contributed by atoms with E-state index >= 15 is 0 Å². The van der Waals surface area contributed by atoms with Gasteiger partial charge in [0.25, 0.3) is 0 Å². The molecule has 0 aliphatic heterocycles. The maximum Gasteiger partial charge on any atom is 0.0635 e. The lowest BCUT2D eigenvalue weighted by molar-refractivity contribution is 0.589. The van der Waals surface area contributed by atoms with Gasteiger partial charge in [0.1, 0.15) is 0 Å². The third-order valence-electron chi connectivity index (χ3n) is 2.96. The van der Waals surface area contributed by atoms with E-state index in [1.54, 1.807) is 0 Å². The second-order valence-electron chi connectivity index (χ2n) is 4.17. The van der Waals surface area contributed by atoms with Gasteiger partial charge in [0, 0.05) is 28.6 Å². The third kappa shape index (κ3) is 2.49. The molecule has 3 heteroatoms. The Kier molecular flexibility index (Phi) is 3.78. The van der Waals surface area contributed by atoms with Crippen LogP contribution in [0.4, 0.5) is 0 Å². The second-order valence-corrected chi connectivity index (χ2v) is 5.26. The van der Waals surface area contributed by atoms with E-state index < -0.39 is 0 Å². The highest BCUT2D eigenvalue weighted by atomic mass is 32.1. The lowest BCUT2D eigenvalue weighted by Gasteiger charge is -2.11. The van der Waals surface area contributed by atoms with E-state index in [1.165, 1.54) is 20.5 Å². The van der Waals surface area contributed by atoms with Gasteiger partial charge in [-0.3, -0.25) is 0 Å². The number of fused-ring (bicyclic) bond motifs is 1. The highest BCUT2D eigenvalue weighted by molar-refractivity contribution is 7.19. The molecular formula is C14H16N2S. The molecule has 0 bridgehead atoms. The van der Waals surface area contributed by atoms with E-state index in [4.69, 9.17) is 5.26 Å². The van der Waals surface area contributed by atoms with Crippen molar-refractivity contribution in [3.63, 3.8) is 0 Å². The molecule has 2 rings (SSSR count). The van der Waals surface area contributed by atoms with E-state index in [2.05, 4.69) is 49.5 Å². The maximum absolute atomic E-state index is 8.53. The molecule has 1 heterocycles. The van der Waals surface area contributed by atoms with E-state index in [-0.39, 0.29) is 0 Å². The van der Waals surface area contributed by atoms with Gasteiger partial charge in [-0.15, -0.1) is 11.3 Å². The van der Waals surface area contributed by atoms with Gasteiger partial charge in [-0.1, -0.05) is 18.2 Å². The van der Waals surface area contributed by atoms with Crippen molar-refractivity contribution in [1.82, 2.24) is 5.32 Å². The first kappa shape index (κ1) is 12.1. The SMILES string of the molecule is Cc1c(C(C)NCCC#N)sc2ccccc12. The number of benzene rings is 1. The molecular weight excluding hydrogens is 228 g/mol. The van der Waals surface area contributed by atoms with Crippen molar-refractivity contribution in [3.8, 4) is 6.07 Å². The number of rotatable bonds is 4. The highest BCUT2D eigenvalue weighted by Gasteiger charge is 2.13. The fourth-order valence-corrected chi connectivity index (χ4v) is 3.28. The van der Waals surface area contributed by atoms with Crippen LogP contribution in [0.5, 0.6) is 0 Å². The van der Waals surface area contributed by atoms with Crippen LogP contribution in [0.1, 0.15) is 29.8 Å².